The van der Waals surface area contributed by atoms with Crippen LogP contribution in [0.15, 0.2) is 22.7 Å². The van der Waals surface area contributed by atoms with Crippen LogP contribution in [0.25, 0.3) is 0 Å². The molecule has 0 bridgehead atoms. The predicted octanol–water partition coefficient (Wildman–Crippen LogP) is 5.02. The largest absolute Gasteiger partial charge is 0.497 e. The summed E-state index contributed by atoms with van der Waals surface area (Å²) in [6.07, 6.45) is 0.928. The van der Waals surface area contributed by atoms with Gasteiger partial charge in [0.05, 0.1) is 7.11 Å². The third-order valence-electron chi connectivity index (χ3n) is 3.90. The molecule has 1 aromatic carbocycles. The van der Waals surface area contributed by atoms with Gasteiger partial charge in [-0.15, -0.1) is 0 Å². The van der Waals surface area contributed by atoms with Gasteiger partial charge in [-0.3, -0.25) is 0 Å². The highest BCUT2D eigenvalue weighted by atomic mass is 79.9. The smallest absolute Gasteiger partial charge is 0.191 e. The molecular weight excluding hydrogens is 320 g/mol. The van der Waals surface area contributed by atoms with Gasteiger partial charge in [0.25, 0.3) is 0 Å². The molecule has 0 aliphatic heterocycles. The lowest BCUT2D eigenvalue weighted by atomic mass is 10.1. The van der Waals surface area contributed by atoms with E-state index in [-0.39, 0.29) is 5.04 Å². The molecule has 0 N–H and O–H groups in total. The minimum absolute atomic E-state index is 0.268. The second kappa shape index (κ2) is 6.42. The Kier molecular flexibility index (Phi) is 5.65. The fourth-order valence-electron chi connectivity index (χ4n) is 1.49. The Labute approximate surface area is 126 Å². The highest BCUT2D eigenvalue weighted by Crippen LogP contribution is 2.36. The molecule has 0 radical (unpaired) electrons. The average molecular weight is 345 g/mol. The molecule has 0 aliphatic carbocycles. The van der Waals surface area contributed by atoms with Crippen molar-refractivity contribution in [2.45, 2.75) is 45.3 Å². The molecule has 0 atom stereocenters. The Morgan fingerprint density at radius 2 is 1.84 bits per heavy atom. The van der Waals surface area contributed by atoms with E-state index in [1.165, 1.54) is 5.56 Å². The quantitative estimate of drug-likeness (QED) is 0.698. The van der Waals surface area contributed by atoms with Crippen molar-refractivity contribution in [3.8, 4) is 5.75 Å². The van der Waals surface area contributed by atoms with Gasteiger partial charge in [-0.25, -0.2) is 0 Å². The molecule has 0 fully saturated rings. The number of rotatable bonds is 5. The summed E-state index contributed by atoms with van der Waals surface area (Å²) in [6.45, 7) is 12.2. The van der Waals surface area contributed by atoms with Crippen molar-refractivity contribution < 1.29 is 9.16 Å². The molecule has 19 heavy (non-hydrogen) atoms. The van der Waals surface area contributed by atoms with E-state index in [1.807, 2.05) is 12.1 Å². The van der Waals surface area contributed by atoms with Gasteiger partial charge in [0.1, 0.15) is 5.75 Å². The fraction of sp³-hybridized carbons (Fsp3) is 0.600. The maximum atomic E-state index is 6.20. The molecule has 0 aliphatic rings. The summed E-state index contributed by atoms with van der Waals surface area (Å²) in [5.74, 6) is 0.876. The van der Waals surface area contributed by atoms with Gasteiger partial charge in [0.15, 0.2) is 8.32 Å². The molecule has 2 nitrogen and oxygen atoms in total. The van der Waals surface area contributed by atoms with E-state index in [4.69, 9.17) is 9.16 Å². The van der Waals surface area contributed by atoms with Crippen molar-refractivity contribution in [3.63, 3.8) is 0 Å². The first-order valence-corrected chi connectivity index (χ1v) is 10.3. The van der Waals surface area contributed by atoms with Crippen molar-refractivity contribution in [1.82, 2.24) is 0 Å². The van der Waals surface area contributed by atoms with Gasteiger partial charge in [0.2, 0.25) is 0 Å². The van der Waals surface area contributed by atoms with Crippen molar-refractivity contribution >= 4 is 24.2 Å². The lowest BCUT2D eigenvalue weighted by Crippen LogP contribution is -2.41. The Morgan fingerprint density at radius 3 is 2.32 bits per heavy atom. The lowest BCUT2D eigenvalue weighted by Gasteiger charge is -2.36. The molecule has 0 unspecified atom stereocenters. The Bertz CT molecular complexity index is 425. The van der Waals surface area contributed by atoms with Crippen LogP contribution in [0.3, 0.4) is 0 Å². The topological polar surface area (TPSA) is 18.5 Å². The van der Waals surface area contributed by atoms with Crippen molar-refractivity contribution in [3.05, 3.63) is 28.2 Å². The maximum Gasteiger partial charge on any atom is 0.191 e. The van der Waals surface area contributed by atoms with E-state index in [0.717, 1.165) is 23.2 Å². The van der Waals surface area contributed by atoms with Gasteiger partial charge in [-0.2, -0.15) is 0 Å². The zero-order chi connectivity index (χ0) is 14.7. The molecule has 0 aromatic heterocycles. The zero-order valence-corrected chi connectivity index (χ0v) is 15.4. The predicted molar refractivity (Wildman–Crippen MR) is 87.5 cm³/mol. The third-order valence-corrected chi connectivity index (χ3v) is 9.18. The number of methoxy groups -OCH3 is 1. The molecule has 4 heteroatoms. The van der Waals surface area contributed by atoms with E-state index in [2.05, 4.69) is 55.9 Å². The van der Waals surface area contributed by atoms with Crippen LogP contribution in [-0.4, -0.2) is 22.0 Å². The van der Waals surface area contributed by atoms with Crippen LogP contribution in [0.1, 0.15) is 26.3 Å². The van der Waals surface area contributed by atoms with Crippen molar-refractivity contribution in [2.75, 3.05) is 13.7 Å². The highest BCUT2D eigenvalue weighted by molar-refractivity contribution is 9.10. The van der Waals surface area contributed by atoms with Crippen molar-refractivity contribution in [2.24, 2.45) is 0 Å². The summed E-state index contributed by atoms with van der Waals surface area (Å²) in [5.41, 5.74) is 1.26. The summed E-state index contributed by atoms with van der Waals surface area (Å²) in [5, 5.41) is 0.268. The molecule has 0 heterocycles. The molecule has 0 saturated heterocycles. The molecule has 0 saturated carbocycles. The van der Waals surface area contributed by atoms with Crippen LogP contribution in [0.2, 0.25) is 18.1 Å². The Morgan fingerprint density at radius 1 is 1.21 bits per heavy atom. The van der Waals surface area contributed by atoms with Crippen LogP contribution in [0.4, 0.5) is 0 Å². The monoisotopic (exact) mass is 344 g/mol. The number of benzene rings is 1. The zero-order valence-electron chi connectivity index (χ0n) is 12.8. The molecule has 0 amide bonds. The van der Waals surface area contributed by atoms with Gasteiger partial charge >= 0.3 is 0 Å². The number of hydrogen-bond acceptors (Lipinski definition) is 2. The number of halogens is 1. The normalized spacial score (nSPS) is 12.6. The Hall–Kier alpha value is -0.323. The van der Waals surface area contributed by atoms with Gasteiger partial charge in [0, 0.05) is 11.1 Å². The summed E-state index contributed by atoms with van der Waals surface area (Å²) in [6, 6.07) is 6.09. The maximum absolute atomic E-state index is 6.20. The number of ether oxygens (including phenoxy) is 1. The van der Waals surface area contributed by atoms with Crippen LogP contribution >= 0.6 is 15.9 Å². The van der Waals surface area contributed by atoms with Gasteiger partial charge in [-0.05, 0) is 42.2 Å². The minimum atomic E-state index is -1.63. The molecule has 108 valence electrons. The highest BCUT2D eigenvalue weighted by Gasteiger charge is 2.36. The van der Waals surface area contributed by atoms with E-state index >= 15 is 0 Å². The van der Waals surface area contributed by atoms with Crippen molar-refractivity contribution in [1.29, 1.82) is 0 Å². The summed E-state index contributed by atoms with van der Waals surface area (Å²) in [7, 11) is 0.0486. The van der Waals surface area contributed by atoms with Gasteiger partial charge < -0.3 is 9.16 Å². The van der Waals surface area contributed by atoms with E-state index < -0.39 is 8.32 Å². The second-order valence-electron chi connectivity index (χ2n) is 6.32. The lowest BCUT2D eigenvalue weighted by molar-refractivity contribution is 0.291. The van der Waals surface area contributed by atoms with Crippen LogP contribution in [0.5, 0.6) is 5.75 Å². The second-order valence-corrected chi connectivity index (χ2v) is 12.0. The molecule has 1 rings (SSSR count). The third kappa shape index (κ3) is 4.62. The average Bonchev–Trinajstić information content (AvgIpc) is 2.29. The van der Waals surface area contributed by atoms with Gasteiger partial charge in [-0.1, -0.05) is 42.8 Å². The van der Waals surface area contributed by atoms with Crippen LogP contribution in [-0.2, 0) is 10.8 Å². The molecule has 0 spiro atoms. The molecular formula is C15H25BrO2Si. The van der Waals surface area contributed by atoms with Crippen LogP contribution in [0, 0.1) is 0 Å². The number of hydrogen-bond donors (Lipinski definition) is 0. The molecule has 1 aromatic rings. The SMILES string of the molecule is COc1ccc(CCO[Si](C)(C)C(C)(C)C)c(Br)c1. The van der Waals surface area contributed by atoms with E-state index in [9.17, 15) is 0 Å². The standard InChI is InChI=1S/C15H25BrO2Si/c1-15(2,3)19(5,6)18-10-9-12-7-8-13(17-4)11-14(12)16/h7-8,11H,9-10H2,1-6H3. The first kappa shape index (κ1) is 16.7. The minimum Gasteiger partial charge on any atom is -0.497 e. The summed E-state index contributed by atoms with van der Waals surface area (Å²) >= 11 is 3.58. The first-order valence-electron chi connectivity index (χ1n) is 6.64. The Balaban J connectivity index is 2.59. The summed E-state index contributed by atoms with van der Waals surface area (Å²) in [4.78, 5) is 0. The summed E-state index contributed by atoms with van der Waals surface area (Å²) < 4.78 is 12.5. The fourth-order valence-corrected chi connectivity index (χ4v) is 3.09. The van der Waals surface area contributed by atoms with Crippen LogP contribution < -0.4 is 4.74 Å². The van der Waals surface area contributed by atoms with E-state index in [1.54, 1.807) is 7.11 Å². The van der Waals surface area contributed by atoms with E-state index in [0.29, 0.717) is 0 Å². The first-order chi connectivity index (χ1) is 8.67.